The van der Waals surface area contributed by atoms with Crippen LogP contribution in [0.15, 0.2) is 60.7 Å². The van der Waals surface area contributed by atoms with Gasteiger partial charge in [0.1, 0.15) is 0 Å². The molecule has 0 saturated carbocycles. The predicted molar refractivity (Wildman–Crippen MR) is 117 cm³/mol. The summed E-state index contributed by atoms with van der Waals surface area (Å²) < 4.78 is 8.78. The van der Waals surface area contributed by atoms with Gasteiger partial charge in [-0.1, -0.05) is 0 Å². The van der Waals surface area contributed by atoms with Gasteiger partial charge in [0.25, 0.3) is 0 Å². The molecular weight excluding hydrogens is 614 g/mol. The van der Waals surface area contributed by atoms with Gasteiger partial charge in [-0.25, -0.2) is 0 Å². The van der Waals surface area contributed by atoms with Gasteiger partial charge in [0.05, 0.1) is 0 Å². The molecule has 0 fully saturated rings. The van der Waals surface area contributed by atoms with E-state index in [2.05, 4.69) is 90.9 Å². The zero-order valence-electron chi connectivity index (χ0n) is 14.2. The third kappa shape index (κ3) is 6.69. The van der Waals surface area contributed by atoms with Gasteiger partial charge in [-0.2, -0.15) is 0 Å². The second-order valence-corrected chi connectivity index (χ2v) is 34.3. The molecule has 0 aliphatic rings. The van der Waals surface area contributed by atoms with Gasteiger partial charge in [0, 0.05) is 0 Å². The van der Waals surface area contributed by atoms with Crippen molar-refractivity contribution >= 4 is 78.7 Å². The van der Waals surface area contributed by atoms with Crippen LogP contribution in [0.3, 0.4) is 0 Å². The molecule has 0 aliphatic carbocycles. The van der Waals surface area contributed by atoms with Gasteiger partial charge < -0.3 is 0 Å². The fourth-order valence-corrected chi connectivity index (χ4v) is 22.2. The van der Waals surface area contributed by atoms with Gasteiger partial charge in [0.2, 0.25) is 0 Å². The summed E-state index contributed by atoms with van der Waals surface area (Å²) >= 11 is 7.74. The van der Waals surface area contributed by atoms with Gasteiger partial charge in [0.15, 0.2) is 0 Å². The average Bonchev–Trinajstić information content (AvgIpc) is 2.68. The van der Waals surface area contributed by atoms with E-state index in [-0.39, 0.29) is 0 Å². The standard InChI is InChI=1S/C17H22O2P2Se4/c1-18-20(22,16-10-5-3-6-11-16)24-14-9-15-25-21(23,19-2)17-12-7-4-8-13-17/h3-8,10-13H,9,14-15H2,1-2H3. The second-order valence-electron chi connectivity index (χ2n) is 5.05. The molecular formula is C17H22O2P2Se4. The molecule has 2 rings (SSSR count). The van der Waals surface area contributed by atoms with Crippen molar-refractivity contribution in [1.82, 2.24) is 0 Å². The Morgan fingerprint density at radius 1 is 0.720 bits per heavy atom. The summed E-state index contributed by atoms with van der Waals surface area (Å²) in [7, 11) is 3.70. The Labute approximate surface area is 178 Å². The summed E-state index contributed by atoms with van der Waals surface area (Å²) in [6.45, 7) is 0. The Balaban J connectivity index is 1.86. The van der Waals surface area contributed by atoms with Crippen molar-refractivity contribution in [2.45, 2.75) is 17.1 Å². The van der Waals surface area contributed by atoms with E-state index in [1.54, 1.807) is 0 Å². The van der Waals surface area contributed by atoms with Crippen LogP contribution >= 0.6 is 8.85 Å². The van der Waals surface area contributed by atoms with E-state index >= 15 is 0 Å². The van der Waals surface area contributed by atoms with Gasteiger partial charge >= 0.3 is 180 Å². The summed E-state index contributed by atoms with van der Waals surface area (Å²) in [4.78, 5) is 0. The van der Waals surface area contributed by atoms with E-state index < -0.39 is 8.85 Å². The Kier molecular flexibility index (Phi) is 10.2. The van der Waals surface area contributed by atoms with E-state index in [9.17, 15) is 0 Å². The first-order valence-corrected chi connectivity index (χ1v) is 22.5. The van der Waals surface area contributed by atoms with E-state index in [1.165, 1.54) is 27.7 Å². The van der Waals surface area contributed by atoms with E-state index in [1.807, 2.05) is 14.2 Å². The molecule has 136 valence electrons. The molecule has 0 aromatic heterocycles. The molecule has 0 aliphatic heterocycles. The number of benzene rings is 2. The maximum atomic E-state index is 5.93. The van der Waals surface area contributed by atoms with Gasteiger partial charge in [-0.3, -0.25) is 0 Å². The molecule has 2 aromatic carbocycles. The van der Waals surface area contributed by atoms with Crippen molar-refractivity contribution in [3.05, 3.63) is 60.7 Å². The first-order chi connectivity index (χ1) is 12.0. The maximum absolute atomic E-state index is 5.93. The molecule has 0 bridgehead atoms. The average molecular weight is 636 g/mol. The van der Waals surface area contributed by atoms with Crippen LogP contribution in [-0.4, -0.2) is 73.4 Å². The van der Waals surface area contributed by atoms with Crippen molar-refractivity contribution in [3.63, 3.8) is 0 Å². The van der Waals surface area contributed by atoms with Crippen molar-refractivity contribution in [2.75, 3.05) is 14.2 Å². The molecule has 0 heterocycles. The second kappa shape index (κ2) is 11.3. The van der Waals surface area contributed by atoms with E-state index in [0.29, 0.717) is 29.0 Å². The predicted octanol–water partition coefficient (Wildman–Crippen LogP) is 3.43. The molecule has 2 unspecified atom stereocenters. The third-order valence-corrected chi connectivity index (χ3v) is 31.0. The van der Waals surface area contributed by atoms with Crippen molar-refractivity contribution < 1.29 is 9.05 Å². The number of hydrogen-bond donors (Lipinski definition) is 0. The van der Waals surface area contributed by atoms with E-state index in [4.69, 9.17) is 9.05 Å². The fraction of sp³-hybridized carbons (Fsp3) is 0.294. The number of rotatable bonds is 10. The zero-order chi connectivity index (χ0) is 18.2. The van der Waals surface area contributed by atoms with Crippen LogP contribution in [0.2, 0.25) is 10.6 Å². The number of hydrogen-bond acceptors (Lipinski definition) is 2. The summed E-state index contributed by atoms with van der Waals surface area (Å²) in [5, 5.41) is 5.18. The molecule has 25 heavy (non-hydrogen) atoms. The van der Waals surface area contributed by atoms with Crippen LogP contribution in [0.4, 0.5) is 0 Å². The van der Waals surface area contributed by atoms with E-state index in [0.717, 1.165) is 0 Å². The van der Waals surface area contributed by atoms with Crippen LogP contribution < -0.4 is 10.6 Å². The Morgan fingerprint density at radius 2 is 1.08 bits per heavy atom. The molecule has 0 saturated heterocycles. The first-order valence-electron chi connectivity index (χ1n) is 7.76. The van der Waals surface area contributed by atoms with Crippen molar-refractivity contribution in [2.24, 2.45) is 0 Å². The monoisotopic (exact) mass is 640 g/mol. The Morgan fingerprint density at radius 3 is 1.40 bits per heavy atom. The normalized spacial score (nSPS) is 16.1. The quantitative estimate of drug-likeness (QED) is 0.226. The Bertz CT molecular complexity index is 677. The SMILES string of the molecule is COP(=[Se])([Se]CCC[Se]P(=[Se])(OC)c1ccccc1)c1ccccc1. The molecule has 2 nitrogen and oxygen atoms in total. The van der Waals surface area contributed by atoms with Crippen LogP contribution in [0.5, 0.6) is 0 Å². The van der Waals surface area contributed by atoms with Crippen molar-refractivity contribution in [3.8, 4) is 0 Å². The Hall–Kier alpha value is 1.30. The minimum atomic E-state index is -1.53. The van der Waals surface area contributed by atoms with Crippen LogP contribution in [0.1, 0.15) is 6.42 Å². The van der Waals surface area contributed by atoms with Crippen molar-refractivity contribution in [1.29, 1.82) is 0 Å². The molecule has 0 amide bonds. The summed E-state index contributed by atoms with van der Waals surface area (Å²) in [6, 6.07) is 21.3. The topological polar surface area (TPSA) is 18.5 Å². The molecule has 2 atom stereocenters. The molecule has 0 spiro atoms. The van der Waals surface area contributed by atoms with Crippen LogP contribution in [0, 0.1) is 0 Å². The summed E-state index contributed by atoms with van der Waals surface area (Å²) in [5.74, 6) is 0. The molecule has 0 radical (unpaired) electrons. The summed E-state index contributed by atoms with van der Waals surface area (Å²) in [6.07, 6.45) is 1.25. The molecule has 0 N–H and O–H groups in total. The first kappa shape index (κ1) is 22.6. The van der Waals surface area contributed by atoms with Crippen LogP contribution in [-0.2, 0) is 9.05 Å². The van der Waals surface area contributed by atoms with Gasteiger partial charge in [-0.15, -0.1) is 0 Å². The zero-order valence-corrected chi connectivity index (χ0v) is 22.9. The third-order valence-electron chi connectivity index (χ3n) is 3.44. The molecule has 2 aromatic rings. The minimum absolute atomic E-state index is 0.470. The molecule has 8 heteroatoms. The summed E-state index contributed by atoms with van der Waals surface area (Å²) in [5.41, 5.74) is 0. The van der Waals surface area contributed by atoms with Gasteiger partial charge in [-0.05, 0) is 0 Å². The van der Waals surface area contributed by atoms with Crippen LogP contribution in [0.25, 0.3) is 0 Å². The fourth-order valence-electron chi connectivity index (χ4n) is 2.11.